The van der Waals surface area contributed by atoms with E-state index in [1.165, 1.54) is 12.1 Å². The van der Waals surface area contributed by atoms with Crippen LogP contribution in [0.15, 0.2) is 23.3 Å². The maximum absolute atomic E-state index is 10.9. The first-order valence-corrected chi connectivity index (χ1v) is 6.00. The van der Waals surface area contributed by atoms with Gasteiger partial charge in [0.05, 0.1) is 15.9 Å². The number of anilines is 1. The molecule has 0 amide bonds. The lowest BCUT2D eigenvalue weighted by atomic mass is 9.92. The van der Waals surface area contributed by atoms with Crippen molar-refractivity contribution in [3.05, 3.63) is 38.4 Å². The van der Waals surface area contributed by atoms with Gasteiger partial charge in [0.15, 0.2) is 0 Å². The fourth-order valence-electron chi connectivity index (χ4n) is 1.25. The summed E-state index contributed by atoms with van der Waals surface area (Å²) >= 11 is 0. The quantitative estimate of drug-likeness (QED) is 0.488. The molecule has 0 aliphatic heterocycles. The molecule has 108 valence electrons. The predicted molar refractivity (Wildman–Crippen MR) is 75.9 cm³/mol. The molecule has 8 nitrogen and oxygen atoms in total. The van der Waals surface area contributed by atoms with Crippen LogP contribution in [0, 0.1) is 25.6 Å². The van der Waals surface area contributed by atoms with Gasteiger partial charge in [-0.05, 0) is 12.5 Å². The van der Waals surface area contributed by atoms with Crippen LogP contribution in [0.1, 0.15) is 27.2 Å². The monoisotopic (exact) mass is 280 g/mol. The first-order valence-electron chi connectivity index (χ1n) is 6.00. The van der Waals surface area contributed by atoms with E-state index < -0.39 is 9.85 Å². The topological polar surface area (TPSA) is 111 Å². The number of nitro groups is 2. The molecule has 20 heavy (non-hydrogen) atoms. The van der Waals surface area contributed by atoms with E-state index in [0.29, 0.717) is 0 Å². The van der Waals surface area contributed by atoms with Crippen LogP contribution in [-0.2, 0) is 0 Å². The maximum atomic E-state index is 10.9. The van der Waals surface area contributed by atoms with Crippen molar-refractivity contribution < 1.29 is 9.85 Å². The van der Waals surface area contributed by atoms with Gasteiger partial charge in [-0.2, -0.15) is 5.10 Å². The van der Waals surface area contributed by atoms with E-state index >= 15 is 0 Å². The zero-order valence-electron chi connectivity index (χ0n) is 11.5. The van der Waals surface area contributed by atoms with E-state index in [-0.39, 0.29) is 22.5 Å². The minimum Gasteiger partial charge on any atom is -0.272 e. The van der Waals surface area contributed by atoms with E-state index in [1.807, 2.05) is 20.8 Å². The standard InChI is InChI=1S/C12H16N4O4/c1-4-12(2,3)8-13-14-10-6-5-9(15(17)18)7-11(10)16(19)20/h5-8,14H,4H2,1-3H3. The number of hydrogen-bond acceptors (Lipinski definition) is 6. The van der Waals surface area contributed by atoms with Crippen molar-refractivity contribution in [3.63, 3.8) is 0 Å². The van der Waals surface area contributed by atoms with Crippen LogP contribution in [0.5, 0.6) is 0 Å². The molecule has 0 unspecified atom stereocenters. The first kappa shape index (κ1) is 15.5. The highest BCUT2D eigenvalue weighted by atomic mass is 16.6. The molecule has 0 atom stereocenters. The number of hydrazone groups is 1. The highest BCUT2D eigenvalue weighted by Gasteiger charge is 2.19. The number of rotatable bonds is 6. The third-order valence-corrected chi connectivity index (χ3v) is 2.90. The van der Waals surface area contributed by atoms with Gasteiger partial charge in [-0.15, -0.1) is 0 Å². The molecule has 1 rings (SSSR count). The molecule has 1 aromatic carbocycles. The molecule has 1 aromatic rings. The highest BCUT2D eigenvalue weighted by molar-refractivity contribution is 5.69. The van der Waals surface area contributed by atoms with Gasteiger partial charge in [-0.25, -0.2) is 0 Å². The summed E-state index contributed by atoms with van der Waals surface area (Å²) in [6, 6.07) is 3.37. The van der Waals surface area contributed by atoms with Crippen LogP contribution >= 0.6 is 0 Å². The molecule has 0 heterocycles. The molecular weight excluding hydrogens is 264 g/mol. The smallest absolute Gasteiger partial charge is 0.272 e. The fraction of sp³-hybridized carbons (Fsp3) is 0.417. The van der Waals surface area contributed by atoms with Gasteiger partial charge in [0.1, 0.15) is 5.69 Å². The van der Waals surface area contributed by atoms with Crippen molar-refractivity contribution in [1.82, 2.24) is 0 Å². The highest BCUT2D eigenvalue weighted by Crippen LogP contribution is 2.29. The third-order valence-electron chi connectivity index (χ3n) is 2.90. The summed E-state index contributed by atoms with van der Waals surface area (Å²) in [6.07, 6.45) is 2.51. The molecule has 0 radical (unpaired) electrons. The zero-order valence-corrected chi connectivity index (χ0v) is 11.5. The molecule has 0 bridgehead atoms. The van der Waals surface area contributed by atoms with E-state index in [4.69, 9.17) is 0 Å². The lowest BCUT2D eigenvalue weighted by Crippen LogP contribution is -2.12. The maximum Gasteiger partial charge on any atom is 0.301 e. The Labute approximate surface area is 115 Å². The van der Waals surface area contributed by atoms with E-state index in [2.05, 4.69) is 10.5 Å². The molecule has 0 spiro atoms. The van der Waals surface area contributed by atoms with Crippen molar-refractivity contribution in [1.29, 1.82) is 0 Å². The van der Waals surface area contributed by atoms with E-state index in [1.54, 1.807) is 6.21 Å². The summed E-state index contributed by atoms with van der Waals surface area (Å²) in [5, 5.41) is 25.5. The molecule has 0 saturated carbocycles. The molecule has 1 N–H and O–H groups in total. The first-order chi connectivity index (χ1) is 9.26. The second-order valence-corrected chi connectivity index (χ2v) is 4.93. The van der Waals surface area contributed by atoms with Crippen LogP contribution < -0.4 is 5.43 Å². The van der Waals surface area contributed by atoms with Crippen molar-refractivity contribution in [3.8, 4) is 0 Å². The van der Waals surface area contributed by atoms with E-state index in [9.17, 15) is 20.2 Å². The van der Waals surface area contributed by atoms with Crippen LogP contribution in [0.4, 0.5) is 17.1 Å². The summed E-state index contributed by atoms with van der Waals surface area (Å²) in [4.78, 5) is 20.1. The molecule has 0 aliphatic rings. The van der Waals surface area contributed by atoms with Crippen molar-refractivity contribution in [2.45, 2.75) is 27.2 Å². The molecule has 0 aliphatic carbocycles. The van der Waals surface area contributed by atoms with E-state index in [0.717, 1.165) is 12.5 Å². The minimum absolute atomic E-state index is 0.115. The normalized spacial score (nSPS) is 11.6. The van der Waals surface area contributed by atoms with Gasteiger partial charge in [-0.3, -0.25) is 25.7 Å². The number of nitrogens with zero attached hydrogens (tertiary/aromatic N) is 3. The van der Waals surface area contributed by atoms with Gasteiger partial charge in [0.25, 0.3) is 5.69 Å². The average Bonchev–Trinajstić information content (AvgIpc) is 2.38. The molecule has 0 saturated heterocycles. The molecule has 0 aromatic heterocycles. The SMILES string of the molecule is CCC(C)(C)C=NNc1ccc([N+](=O)[O-])cc1[N+](=O)[O-]. The van der Waals surface area contributed by atoms with Crippen LogP contribution in [0.2, 0.25) is 0 Å². The van der Waals surface area contributed by atoms with Crippen molar-refractivity contribution in [2.24, 2.45) is 10.5 Å². The Bertz CT molecular complexity index is 554. The van der Waals surface area contributed by atoms with Gasteiger partial charge < -0.3 is 0 Å². The molecular formula is C12H16N4O4. The second-order valence-electron chi connectivity index (χ2n) is 4.93. The van der Waals surface area contributed by atoms with Gasteiger partial charge in [-0.1, -0.05) is 20.8 Å². The van der Waals surface area contributed by atoms with Crippen LogP contribution in [-0.4, -0.2) is 16.1 Å². The number of hydrogen-bond donors (Lipinski definition) is 1. The Morgan fingerprint density at radius 3 is 2.45 bits per heavy atom. The van der Waals surface area contributed by atoms with Gasteiger partial charge >= 0.3 is 5.69 Å². The van der Waals surface area contributed by atoms with Gasteiger partial charge in [0, 0.05) is 17.7 Å². The summed E-state index contributed by atoms with van der Waals surface area (Å²) < 4.78 is 0. The number of nitrogens with one attached hydrogen (secondary N) is 1. The predicted octanol–water partition coefficient (Wildman–Crippen LogP) is 3.34. The zero-order chi connectivity index (χ0) is 15.3. The summed E-state index contributed by atoms with van der Waals surface area (Å²) in [5.74, 6) is 0. The van der Waals surface area contributed by atoms with Crippen molar-refractivity contribution >= 4 is 23.3 Å². The Hall–Kier alpha value is -2.51. The lowest BCUT2D eigenvalue weighted by Gasteiger charge is -2.15. The number of benzene rings is 1. The number of non-ortho nitro benzene ring substituents is 1. The van der Waals surface area contributed by atoms with Crippen LogP contribution in [0.3, 0.4) is 0 Å². The Morgan fingerprint density at radius 1 is 1.30 bits per heavy atom. The Kier molecular flexibility index (Phi) is 4.73. The molecule has 0 fully saturated rings. The lowest BCUT2D eigenvalue weighted by molar-refractivity contribution is -0.393. The minimum atomic E-state index is -0.685. The van der Waals surface area contributed by atoms with Crippen LogP contribution in [0.25, 0.3) is 0 Å². The van der Waals surface area contributed by atoms with Crippen molar-refractivity contribution in [2.75, 3.05) is 5.43 Å². The summed E-state index contributed by atoms with van der Waals surface area (Å²) in [7, 11) is 0. The second kappa shape index (κ2) is 6.09. The van der Waals surface area contributed by atoms with Gasteiger partial charge in [0.2, 0.25) is 0 Å². The fourth-order valence-corrected chi connectivity index (χ4v) is 1.25. The third kappa shape index (κ3) is 4.01. The number of nitro benzene ring substituents is 2. The Balaban J connectivity index is 3.01. The molecule has 8 heteroatoms. The summed E-state index contributed by atoms with van der Waals surface area (Å²) in [5.41, 5.74) is 1.82. The average molecular weight is 280 g/mol. The summed E-state index contributed by atoms with van der Waals surface area (Å²) in [6.45, 7) is 5.95. The largest absolute Gasteiger partial charge is 0.301 e. The Morgan fingerprint density at radius 2 is 1.95 bits per heavy atom.